The van der Waals surface area contributed by atoms with Crippen LogP contribution in [0, 0.1) is 5.92 Å². The van der Waals surface area contributed by atoms with Crippen LogP contribution in [-0.4, -0.2) is 52.3 Å². The van der Waals surface area contributed by atoms with Crippen molar-refractivity contribution in [2.75, 3.05) is 13.1 Å². The zero-order chi connectivity index (χ0) is 11.7. The molecule has 3 N–H and O–H groups in total. The molecule has 1 saturated heterocycles. The van der Waals surface area contributed by atoms with Gasteiger partial charge in [-0.25, -0.2) is 9.59 Å². The minimum absolute atomic E-state index is 0.105. The molecule has 0 bridgehead atoms. The summed E-state index contributed by atoms with van der Waals surface area (Å²) in [6, 6.07) is -1.27. The van der Waals surface area contributed by atoms with Crippen molar-refractivity contribution in [3.05, 3.63) is 0 Å². The number of nitrogens with one attached hydrogen (secondary N) is 1. The molecule has 0 aromatic rings. The lowest BCUT2D eigenvalue weighted by molar-refractivity contribution is -0.141. The van der Waals surface area contributed by atoms with Crippen LogP contribution in [0.4, 0.5) is 4.79 Å². The first kappa shape index (κ1) is 11.2. The van der Waals surface area contributed by atoms with E-state index >= 15 is 0 Å². The van der Waals surface area contributed by atoms with E-state index in [0.29, 0.717) is 12.5 Å². The molecule has 6 heteroatoms. The molecule has 2 aliphatic rings. The smallest absolute Gasteiger partial charge is 0.326 e. The topological polar surface area (TPSA) is 89.9 Å². The highest BCUT2D eigenvalue weighted by atomic mass is 16.4. The monoisotopic (exact) mass is 228 g/mol. The molecule has 2 atom stereocenters. The molecule has 16 heavy (non-hydrogen) atoms. The number of β-amino-alcohol motifs (C(OH)–C–C–N with tert-alkyl or cyclic N) is 1. The molecule has 0 unspecified atom stereocenters. The summed E-state index contributed by atoms with van der Waals surface area (Å²) in [6.07, 6.45) is 1.65. The summed E-state index contributed by atoms with van der Waals surface area (Å²) in [5, 5.41) is 21.0. The van der Waals surface area contributed by atoms with E-state index in [1.54, 1.807) is 0 Å². The van der Waals surface area contributed by atoms with Crippen LogP contribution >= 0.6 is 0 Å². The molecular weight excluding hydrogens is 212 g/mol. The third-order valence-corrected chi connectivity index (χ3v) is 3.06. The Hall–Kier alpha value is -1.30. The normalized spacial score (nSPS) is 29.2. The van der Waals surface area contributed by atoms with Crippen molar-refractivity contribution in [2.24, 2.45) is 5.92 Å². The standard InChI is InChI=1S/C10H16N2O4/c13-7-3-8(9(14)15)12(5-7)10(16)11-4-6-1-2-6/h6-8,13H,1-5H2,(H,11,16)(H,14,15)/t7-,8-/m1/s1. The molecule has 90 valence electrons. The Kier molecular flexibility index (Phi) is 3.00. The summed E-state index contributed by atoms with van der Waals surface area (Å²) in [5.74, 6) is -0.502. The summed E-state index contributed by atoms with van der Waals surface area (Å²) < 4.78 is 0. The number of aliphatic hydroxyl groups is 1. The van der Waals surface area contributed by atoms with E-state index in [9.17, 15) is 14.7 Å². The number of carboxylic acids is 1. The van der Waals surface area contributed by atoms with E-state index in [1.165, 1.54) is 4.90 Å². The van der Waals surface area contributed by atoms with Gasteiger partial charge in [-0.3, -0.25) is 0 Å². The number of nitrogens with zero attached hydrogens (tertiary/aromatic N) is 1. The number of rotatable bonds is 3. The highest BCUT2D eigenvalue weighted by molar-refractivity contribution is 5.83. The molecule has 1 heterocycles. The number of amides is 2. The van der Waals surface area contributed by atoms with Crippen LogP contribution in [0.25, 0.3) is 0 Å². The van der Waals surface area contributed by atoms with Gasteiger partial charge in [-0.1, -0.05) is 0 Å². The first-order chi connectivity index (χ1) is 7.58. The summed E-state index contributed by atoms with van der Waals surface area (Å²) in [7, 11) is 0. The van der Waals surface area contributed by atoms with Gasteiger partial charge in [0.05, 0.1) is 6.10 Å². The number of aliphatic carboxylic acids is 1. The predicted molar refractivity (Wildman–Crippen MR) is 54.9 cm³/mol. The molecule has 0 spiro atoms. The predicted octanol–water partition coefficient (Wildman–Crippen LogP) is -0.374. The van der Waals surface area contributed by atoms with Gasteiger partial charge in [0, 0.05) is 19.5 Å². The lowest BCUT2D eigenvalue weighted by Gasteiger charge is -2.21. The Balaban J connectivity index is 1.89. The zero-order valence-electron chi connectivity index (χ0n) is 8.93. The maximum absolute atomic E-state index is 11.7. The SMILES string of the molecule is O=C(O)[C@H]1C[C@@H](O)CN1C(=O)NCC1CC1. The first-order valence-electron chi connectivity index (χ1n) is 5.53. The number of aliphatic hydroxyl groups excluding tert-OH is 1. The minimum atomic E-state index is -1.06. The maximum Gasteiger partial charge on any atom is 0.326 e. The Morgan fingerprint density at radius 3 is 2.62 bits per heavy atom. The van der Waals surface area contributed by atoms with E-state index in [0.717, 1.165) is 12.8 Å². The van der Waals surface area contributed by atoms with Gasteiger partial charge in [-0.2, -0.15) is 0 Å². The average molecular weight is 228 g/mol. The van der Waals surface area contributed by atoms with Crippen molar-refractivity contribution in [1.29, 1.82) is 0 Å². The molecule has 0 radical (unpaired) electrons. The second kappa shape index (κ2) is 4.29. The fourth-order valence-electron chi connectivity index (χ4n) is 1.93. The summed E-state index contributed by atoms with van der Waals surface area (Å²) in [5.41, 5.74) is 0. The zero-order valence-corrected chi connectivity index (χ0v) is 8.93. The second-order valence-electron chi connectivity index (χ2n) is 4.53. The van der Waals surface area contributed by atoms with Crippen LogP contribution in [-0.2, 0) is 4.79 Å². The molecule has 1 aliphatic carbocycles. The fraction of sp³-hybridized carbons (Fsp3) is 0.800. The molecule has 1 saturated carbocycles. The molecule has 2 amide bonds. The van der Waals surface area contributed by atoms with Crippen LogP contribution < -0.4 is 5.32 Å². The molecular formula is C10H16N2O4. The number of carbonyl (C=O) groups is 2. The van der Waals surface area contributed by atoms with Crippen molar-refractivity contribution in [3.8, 4) is 0 Å². The highest BCUT2D eigenvalue weighted by Crippen LogP contribution is 2.27. The van der Waals surface area contributed by atoms with Crippen LogP contribution in [0.15, 0.2) is 0 Å². The van der Waals surface area contributed by atoms with Crippen molar-refractivity contribution < 1.29 is 19.8 Å². The van der Waals surface area contributed by atoms with Crippen LogP contribution in [0.3, 0.4) is 0 Å². The third-order valence-electron chi connectivity index (χ3n) is 3.06. The van der Waals surface area contributed by atoms with Gasteiger partial charge in [-0.15, -0.1) is 0 Å². The number of carbonyl (C=O) groups excluding carboxylic acids is 1. The highest BCUT2D eigenvalue weighted by Gasteiger charge is 2.39. The van der Waals surface area contributed by atoms with Crippen LogP contribution in [0.5, 0.6) is 0 Å². The van der Waals surface area contributed by atoms with E-state index in [4.69, 9.17) is 5.11 Å². The van der Waals surface area contributed by atoms with Crippen molar-refractivity contribution >= 4 is 12.0 Å². The lowest BCUT2D eigenvalue weighted by atomic mass is 10.2. The molecule has 2 fully saturated rings. The molecule has 0 aromatic heterocycles. The molecule has 1 aliphatic heterocycles. The average Bonchev–Trinajstić information content (AvgIpc) is 2.96. The minimum Gasteiger partial charge on any atom is -0.480 e. The summed E-state index contributed by atoms with van der Waals surface area (Å²) in [4.78, 5) is 23.8. The third kappa shape index (κ3) is 2.44. The van der Waals surface area contributed by atoms with Gasteiger partial charge in [0.1, 0.15) is 6.04 Å². The Morgan fingerprint density at radius 1 is 1.38 bits per heavy atom. The van der Waals surface area contributed by atoms with E-state index in [-0.39, 0.29) is 19.0 Å². The number of hydrogen-bond donors (Lipinski definition) is 3. The molecule has 0 aromatic carbocycles. The number of hydrogen-bond acceptors (Lipinski definition) is 3. The quantitative estimate of drug-likeness (QED) is 0.614. The van der Waals surface area contributed by atoms with Crippen molar-refractivity contribution in [3.63, 3.8) is 0 Å². The fourth-order valence-corrected chi connectivity index (χ4v) is 1.93. The van der Waals surface area contributed by atoms with Gasteiger partial charge < -0.3 is 20.4 Å². The largest absolute Gasteiger partial charge is 0.480 e. The number of urea groups is 1. The van der Waals surface area contributed by atoms with Gasteiger partial charge in [-0.05, 0) is 18.8 Å². The van der Waals surface area contributed by atoms with Crippen molar-refractivity contribution in [1.82, 2.24) is 10.2 Å². The second-order valence-corrected chi connectivity index (χ2v) is 4.53. The maximum atomic E-state index is 11.7. The number of carboxylic acid groups (broad SMARTS) is 1. The van der Waals surface area contributed by atoms with E-state index < -0.39 is 18.1 Å². The Morgan fingerprint density at radius 2 is 2.06 bits per heavy atom. The Labute approximate surface area is 93.2 Å². The van der Waals surface area contributed by atoms with Gasteiger partial charge in [0.2, 0.25) is 0 Å². The molecule has 2 rings (SSSR count). The number of likely N-dealkylation sites (tertiary alicyclic amines) is 1. The first-order valence-corrected chi connectivity index (χ1v) is 5.53. The van der Waals surface area contributed by atoms with Crippen LogP contribution in [0.1, 0.15) is 19.3 Å². The summed E-state index contributed by atoms with van der Waals surface area (Å²) in [6.45, 7) is 0.714. The van der Waals surface area contributed by atoms with Crippen LogP contribution in [0.2, 0.25) is 0 Å². The lowest BCUT2D eigenvalue weighted by Crippen LogP contribution is -2.46. The van der Waals surface area contributed by atoms with E-state index in [1.807, 2.05) is 0 Å². The summed E-state index contributed by atoms with van der Waals surface area (Å²) >= 11 is 0. The van der Waals surface area contributed by atoms with Gasteiger partial charge >= 0.3 is 12.0 Å². The van der Waals surface area contributed by atoms with E-state index in [2.05, 4.69) is 5.32 Å². The van der Waals surface area contributed by atoms with Crippen molar-refractivity contribution in [2.45, 2.75) is 31.4 Å². The van der Waals surface area contributed by atoms with Gasteiger partial charge in [0.15, 0.2) is 0 Å². The Bertz CT molecular complexity index is 303. The van der Waals surface area contributed by atoms with Gasteiger partial charge in [0.25, 0.3) is 0 Å². The molecule has 6 nitrogen and oxygen atoms in total.